The number of nitrogen functional groups attached to an aromatic ring is 1. The van der Waals surface area contributed by atoms with Crippen LogP contribution in [0.1, 0.15) is 13.3 Å². The zero-order valence-corrected chi connectivity index (χ0v) is 9.73. The van der Waals surface area contributed by atoms with E-state index in [1.165, 1.54) is 0 Å². The van der Waals surface area contributed by atoms with E-state index in [9.17, 15) is 4.79 Å². The molecule has 1 heterocycles. The first-order valence-electron chi connectivity index (χ1n) is 5.33. The Kier molecular flexibility index (Phi) is 4.57. The Morgan fingerprint density at radius 3 is 2.88 bits per heavy atom. The molecule has 0 aromatic carbocycles. The maximum Gasteiger partial charge on any atom is 0.239 e. The molecular formula is C11H18N4O. The maximum atomic E-state index is 11.4. The van der Waals surface area contributed by atoms with E-state index in [1.54, 1.807) is 23.2 Å². The van der Waals surface area contributed by atoms with E-state index in [2.05, 4.69) is 10.3 Å². The quantitative estimate of drug-likeness (QED) is 0.766. The van der Waals surface area contributed by atoms with Gasteiger partial charge < -0.3 is 16.0 Å². The molecule has 0 saturated heterocycles. The largest absolute Gasteiger partial charge is 0.397 e. The summed E-state index contributed by atoms with van der Waals surface area (Å²) in [5.41, 5.74) is 6.15. The Morgan fingerprint density at radius 1 is 1.56 bits per heavy atom. The Labute approximate surface area is 95.7 Å². The summed E-state index contributed by atoms with van der Waals surface area (Å²) < 4.78 is 0. The van der Waals surface area contributed by atoms with Gasteiger partial charge in [-0.3, -0.25) is 4.79 Å². The van der Waals surface area contributed by atoms with Crippen molar-refractivity contribution in [3.8, 4) is 0 Å². The Hall–Kier alpha value is -1.78. The number of nitrogens with one attached hydrogen (secondary N) is 1. The number of hydrogen-bond donors (Lipinski definition) is 2. The molecule has 0 radical (unpaired) electrons. The van der Waals surface area contributed by atoms with Crippen LogP contribution in [0.15, 0.2) is 18.3 Å². The maximum absolute atomic E-state index is 11.4. The van der Waals surface area contributed by atoms with Crippen molar-refractivity contribution in [3.63, 3.8) is 0 Å². The van der Waals surface area contributed by atoms with Crippen molar-refractivity contribution in [2.75, 3.05) is 30.8 Å². The molecule has 5 nitrogen and oxygen atoms in total. The smallest absolute Gasteiger partial charge is 0.239 e. The molecule has 0 fully saturated rings. The molecule has 88 valence electrons. The molecule has 1 amide bonds. The van der Waals surface area contributed by atoms with Crippen LogP contribution in [0.25, 0.3) is 0 Å². The van der Waals surface area contributed by atoms with Crippen LogP contribution in [0.2, 0.25) is 0 Å². The number of hydrogen-bond acceptors (Lipinski definition) is 4. The zero-order valence-electron chi connectivity index (χ0n) is 9.73. The average Bonchev–Trinajstić information content (AvgIpc) is 2.27. The number of nitrogens with zero attached hydrogens (tertiary/aromatic N) is 2. The van der Waals surface area contributed by atoms with E-state index >= 15 is 0 Å². The first kappa shape index (κ1) is 12.3. The second kappa shape index (κ2) is 5.95. The summed E-state index contributed by atoms with van der Waals surface area (Å²) in [7, 11) is 1.82. The molecule has 1 aromatic heterocycles. The van der Waals surface area contributed by atoms with Gasteiger partial charge in [-0.1, -0.05) is 6.92 Å². The van der Waals surface area contributed by atoms with Crippen LogP contribution in [0.3, 0.4) is 0 Å². The molecule has 0 aliphatic heterocycles. The van der Waals surface area contributed by atoms with Gasteiger partial charge in [0.15, 0.2) is 0 Å². The van der Waals surface area contributed by atoms with E-state index in [1.807, 2.05) is 14.0 Å². The van der Waals surface area contributed by atoms with Crippen LogP contribution in [-0.2, 0) is 4.79 Å². The summed E-state index contributed by atoms with van der Waals surface area (Å²) in [6.07, 6.45) is 2.52. The van der Waals surface area contributed by atoms with Gasteiger partial charge in [-0.25, -0.2) is 4.98 Å². The Morgan fingerprint density at radius 2 is 2.31 bits per heavy atom. The summed E-state index contributed by atoms with van der Waals surface area (Å²) in [4.78, 5) is 17.4. The highest BCUT2D eigenvalue weighted by Gasteiger charge is 2.07. The van der Waals surface area contributed by atoms with Gasteiger partial charge in [-0.05, 0) is 18.6 Å². The Balaban J connectivity index is 2.48. The Bertz CT molecular complexity index is 336. The van der Waals surface area contributed by atoms with Crippen LogP contribution in [0.5, 0.6) is 0 Å². The van der Waals surface area contributed by atoms with Gasteiger partial charge in [0.1, 0.15) is 5.82 Å². The molecule has 0 aliphatic rings. The summed E-state index contributed by atoms with van der Waals surface area (Å²) in [6, 6.07) is 3.56. The average molecular weight is 222 g/mol. The lowest BCUT2D eigenvalue weighted by Crippen LogP contribution is -2.35. The lowest BCUT2D eigenvalue weighted by molar-refractivity contribution is -0.119. The minimum atomic E-state index is 0.00275. The van der Waals surface area contributed by atoms with E-state index in [0.717, 1.165) is 12.2 Å². The number of amides is 1. The van der Waals surface area contributed by atoms with E-state index in [-0.39, 0.29) is 5.91 Å². The number of aromatic nitrogens is 1. The lowest BCUT2D eigenvalue weighted by Gasteiger charge is -2.17. The van der Waals surface area contributed by atoms with Crippen molar-refractivity contribution in [2.45, 2.75) is 13.3 Å². The summed E-state index contributed by atoms with van der Waals surface area (Å²) in [5.74, 6) is 0.740. The standard InChI is InChI=1S/C11H18N4O/c1-3-6-13-11(16)8-15(2)10-5-4-9(12)7-14-10/h4-5,7H,3,6,8,12H2,1-2H3,(H,13,16). The summed E-state index contributed by atoms with van der Waals surface area (Å²) in [5, 5.41) is 2.81. The van der Waals surface area contributed by atoms with Crippen LogP contribution < -0.4 is 16.0 Å². The molecule has 0 spiro atoms. The SMILES string of the molecule is CCCNC(=O)CN(C)c1ccc(N)cn1. The molecule has 0 atom stereocenters. The first-order valence-corrected chi connectivity index (χ1v) is 5.33. The first-order chi connectivity index (χ1) is 7.63. The molecule has 0 bridgehead atoms. The lowest BCUT2D eigenvalue weighted by atomic mass is 10.4. The molecule has 1 aromatic rings. The molecule has 5 heteroatoms. The molecule has 0 unspecified atom stereocenters. The molecular weight excluding hydrogens is 204 g/mol. The van der Waals surface area contributed by atoms with Crippen molar-refractivity contribution >= 4 is 17.4 Å². The topological polar surface area (TPSA) is 71.2 Å². The highest BCUT2D eigenvalue weighted by atomic mass is 16.2. The van der Waals surface area contributed by atoms with Crippen LogP contribution in [0.4, 0.5) is 11.5 Å². The van der Waals surface area contributed by atoms with Crippen LogP contribution in [0, 0.1) is 0 Å². The molecule has 0 saturated carbocycles. The third-order valence-corrected chi connectivity index (χ3v) is 2.11. The van der Waals surface area contributed by atoms with Crippen molar-refractivity contribution < 1.29 is 4.79 Å². The predicted octanol–water partition coefficient (Wildman–Crippen LogP) is 0.626. The molecule has 16 heavy (non-hydrogen) atoms. The van der Waals surface area contributed by atoms with Crippen molar-refractivity contribution in [1.82, 2.24) is 10.3 Å². The van der Waals surface area contributed by atoms with Crippen molar-refractivity contribution in [2.24, 2.45) is 0 Å². The second-order valence-corrected chi connectivity index (χ2v) is 3.66. The van der Waals surface area contributed by atoms with Gasteiger partial charge in [0, 0.05) is 13.6 Å². The van der Waals surface area contributed by atoms with E-state index < -0.39 is 0 Å². The minimum absolute atomic E-state index is 0.00275. The zero-order chi connectivity index (χ0) is 12.0. The third kappa shape index (κ3) is 3.76. The van der Waals surface area contributed by atoms with Crippen LogP contribution in [-0.4, -0.2) is 31.0 Å². The monoisotopic (exact) mass is 222 g/mol. The number of carbonyl (C=O) groups excluding carboxylic acids is 1. The number of rotatable bonds is 5. The highest BCUT2D eigenvalue weighted by Crippen LogP contribution is 2.09. The number of likely N-dealkylation sites (N-methyl/N-ethyl adjacent to an activating group) is 1. The minimum Gasteiger partial charge on any atom is -0.397 e. The van der Waals surface area contributed by atoms with Crippen molar-refractivity contribution in [1.29, 1.82) is 0 Å². The summed E-state index contributed by atoms with van der Waals surface area (Å²) in [6.45, 7) is 3.03. The summed E-state index contributed by atoms with van der Waals surface area (Å²) >= 11 is 0. The van der Waals surface area contributed by atoms with Gasteiger partial charge in [0.05, 0.1) is 18.4 Å². The fraction of sp³-hybridized carbons (Fsp3) is 0.455. The van der Waals surface area contributed by atoms with E-state index in [4.69, 9.17) is 5.73 Å². The van der Waals surface area contributed by atoms with Gasteiger partial charge >= 0.3 is 0 Å². The predicted molar refractivity (Wildman–Crippen MR) is 65.2 cm³/mol. The second-order valence-electron chi connectivity index (χ2n) is 3.66. The number of pyridine rings is 1. The number of carbonyl (C=O) groups is 1. The molecule has 3 N–H and O–H groups in total. The molecule has 0 aliphatic carbocycles. The van der Waals surface area contributed by atoms with Crippen LogP contribution >= 0.6 is 0 Å². The molecule has 1 rings (SSSR count). The number of anilines is 2. The number of nitrogens with two attached hydrogens (primary N) is 1. The van der Waals surface area contributed by atoms with Gasteiger partial charge in [0.2, 0.25) is 5.91 Å². The highest BCUT2D eigenvalue weighted by molar-refractivity contribution is 5.80. The van der Waals surface area contributed by atoms with Gasteiger partial charge in [-0.15, -0.1) is 0 Å². The van der Waals surface area contributed by atoms with Crippen molar-refractivity contribution in [3.05, 3.63) is 18.3 Å². The normalized spacial score (nSPS) is 9.88. The van der Waals surface area contributed by atoms with Gasteiger partial charge in [-0.2, -0.15) is 0 Å². The fourth-order valence-electron chi connectivity index (χ4n) is 1.24. The fourth-order valence-corrected chi connectivity index (χ4v) is 1.24. The third-order valence-electron chi connectivity index (χ3n) is 2.11. The van der Waals surface area contributed by atoms with Gasteiger partial charge in [0.25, 0.3) is 0 Å². The van der Waals surface area contributed by atoms with E-state index in [0.29, 0.717) is 18.8 Å².